The van der Waals surface area contributed by atoms with E-state index in [9.17, 15) is 9.59 Å². The van der Waals surface area contributed by atoms with Gasteiger partial charge < -0.3 is 19.1 Å². The molecule has 1 N–H and O–H groups in total. The lowest BCUT2D eigenvalue weighted by molar-refractivity contribution is -0.0283. The predicted octanol–water partition coefficient (Wildman–Crippen LogP) is 5.98. The maximum absolute atomic E-state index is 14.3. The summed E-state index contributed by atoms with van der Waals surface area (Å²) in [6, 6.07) is 26.9. The first kappa shape index (κ1) is 29.7. The minimum absolute atomic E-state index is 0.0629. The number of aromatic nitrogens is 1. The fraction of sp³-hybridized carbons (Fsp3) is 0.343. The van der Waals surface area contributed by atoms with E-state index in [2.05, 4.69) is 10.3 Å². The van der Waals surface area contributed by atoms with Crippen molar-refractivity contribution in [1.29, 1.82) is 0 Å². The summed E-state index contributed by atoms with van der Waals surface area (Å²) in [6.45, 7) is 3.84. The second-order valence-corrected chi connectivity index (χ2v) is 11.2. The number of hydrogen-bond acceptors (Lipinski definition) is 7. The molecule has 2 saturated heterocycles. The number of para-hydroxylation sites is 2. The van der Waals surface area contributed by atoms with Crippen molar-refractivity contribution in [2.75, 3.05) is 38.4 Å². The predicted molar refractivity (Wildman–Crippen MR) is 169 cm³/mol. The summed E-state index contributed by atoms with van der Waals surface area (Å²) in [5.41, 5.74) is 6.62. The highest BCUT2D eigenvalue weighted by Crippen LogP contribution is 2.32. The number of fused-ring (bicyclic) bond motifs is 1. The van der Waals surface area contributed by atoms with Crippen LogP contribution in [0.3, 0.4) is 0 Å². The number of benzene rings is 3. The molecule has 2 aliphatic heterocycles. The van der Waals surface area contributed by atoms with Crippen molar-refractivity contribution in [2.45, 2.75) is 44.4 Å². The molecule has 3 heterocycles. The summed E-state index contributed by atoms with van der Waals surface area (Å²) in [5.74, 6) is -0.456. The van der Waals surface area contributed by atoms with E-state index in [1.54, 1.807) is 24.3 Å². The molecular weight excluding hydrogens is 556 g/mol. The van der Waals surface area contributed by atoms with Gasteiger partial charge in [-0.3, -0.25) is 10.2 Å². The van der Waals surface area contributed by atoms with Crippen LogP contribution in [0.1, 0.15) is 41.6 Å². The van der Waals surface area contributed by atoms with Gasteiger partial charge in [0.25, 0.3) is 5.91 Å². The Morgan fingerprint density at radius 2 is 1.57 bits per heavy atom. The average Bonchev–Trinajstić information content (AvgIpc) is 3.10. The molecule has 44 heavy (non-hydrogen) atoms. The molecule has 6 rings (SSSR count). The number of ether oxygens (including phenoxy) is 3. The number of nitrogens with one attached hydrogen (secondary N) is 1. The Morgan fingerprint density at radius 3 is 2.27 bits per heavy atom. The Hall–Kier alpha value is -4.31. The fourth-order valence-corrected chi connectivity index (χ4v) is 6.19. The van der Waals surface area contributed by atoms with Gasteiger partial charge in [0.1, 0.15) is 0 Å². The van der Waals surface area contributed by atoms with Crippen LogP contribution in [0.4, 0.5) is 10.5 Å². The molecule has 9 nitrogen and oxygen atoms in total. The molecule has 0 bridgehead atoms. The van der Waals surface area contributed by atoms with E-state index in [4.69, 9.17) is 19.2 Å². The van der Waals surface area contributed by atoms with Crippen molar-refractivity contribution in [3.05, 3.63) is 96.1 Å². The van der Waals surface area contributed by atoms with Gasteiger partial charge in [0.15, 0.2) is 0 Å². The Kier molecular flexibility index (Phi) is 9.45. The second-order valence-electron chi connectivity index (χ2n) is 11.2. The molecular formula is C35H38N4O5. The number of carbonyl (C=O) groups excluding carboxylic acids is 2. The van der Waals surface area contributed by atoms with Gasteiger partial charge in [-0.25, -0.2) is 9.78 Å². The minimum atomic E-state index is -0.708. The van der Waals surface area contributed by atoms with E-state index in [0.717, 1.165) is 62.6 Å². The maximum Gasteiger partial charge on any atom is 0.433 e. The highest BCUT2D eigenvalue weighted by Gasteiger charge is 2.29. The quantitative estimate of drug-likeness (QED) is 0.263. The molecule has 0 unspecified atom stereocenters. The first-order valence-electron chi connectivity index (χ1n) is 15.3. The second kappa shape index (κ2) is 14.0. The summed E-state index contributed by atoms with van der Waals surface area (Å²) in [7, 11) is 1.28. The lowest BCUT2D eigenvalue weighted by Gasteiger charge is -2.39. The SMILES string of the molecule is COC(=O)N(NC(=O)c1c(COC2CCN(C3CCOCC3)CC2)c(-c2ccccc2)nc2ccccc12)c1ccccc1. The first-order valence-corrected chi connectivity index (χ1v) is 15.3. The molecule has 0 spiro atoms. The van der Waals surface area contributed by atoms with E-state index in [-0.39, 0.29) is 12.7 Å². The molecule has 2 amide bonds. The van der Waals surface area contributed by atoms with Gasteiger partial charge in [0.2, 0.25) is 0 Å². The summed E-state index contributed by atoms with van der Waals surface area (Å²) in [4.78, 5) is 34.7. The molecule has 228 valence electrons. The highest BCUT2D eigenvalue weighted by molar-refractivity contribution is 6.10. The van der Waals surface area contributed by atoms with Crippen molar-refractivity contribution < 1.29 is 23.8 Å². The average molecular weight is 595 g/mol. The van der Waals surface area contributed by atoms with Gasteiger partial charge in [-0.2, -0.15) is 5.01 Å². The summed E-state index contributed by atoms with van der Waals surface area (Å²) >= 11 is 0. The standard InChI is InChI=1S/C35H38N4O5/c1-42-35(41)39(27-12-6-3-7-13-27)37-34(40)32-29-14-8-9-15-31(29)36-33(25-10-4-2-5-11-25)30(32)24-44-28-16-20-38(21-17-28)26-18-22-43-23-19-26/h2-15,26,28H,16-24H2,1H3,(H,37,40). The van der Waals surface area contributed by atoms with Crippen LogP contribution in [-0.2, 0) is 20.8 Å². The van der Waals surface area contributed by atoms with E-state index >= 15 is 0 Å². The Bertz CT molecular complexity index is 1570. The molecule has 4 aromatic rings. The molecule has 0 radical (unpaired) electrons. The van der Waals surface area contributed by atoms with Gasteiger partial charge in [-0.15, -0.1) is 0 Å². The number of nitrogens with zero attached hydrogens (tertiary/aromatic N) is 3. The van der Waals surface area contributed by atoms with Crippen molar-refractivity contribution in [3.63, 3.8) is 0 Å². The highest BCUT2D eigenvalue weighted by atomic mass is 16.5. The topological polar surface area (TPSA) is 93.2 Å². The van der Waals surface area contributed by atoms with Crippen LogP contribution < -0.4 is 10.4 Å². The smallest absolute Gasteiger partial charge is 0.433 e. The normalized spacial score (nSPS) is 16.5. The zero-order chi connectivity index (χ0) is 30.3. The largest absolute Gasteiger partial charge is 0.451 e. The number of piperidine rings is 1. The van der Waals surface area contributed by atoms with Crippen LogP contribution >= 0.6 is 0 Å². The third kappa shape index (κ3) is 6.60. The Balaban J connectivity index is 1.33. The Labute approximate surface area is 257 Å². The molecule has 2 aliphatic rings. The van der Waals surface area contributed by atoms with Crippen molar-refractivity contribution in [2.24, 2.45) is 0 Å². The number of amides is 2. The van der Waals surface area contributed by atoms with Gasteiger partial charge >= 0.3 is 6.09 Å². The van der Waals surface area contributed by atoms with Crippen molar-refractivity contribution in [3.8, 4) is 11.3 Å². The molecule has 9 heteroatoms. The number of methoxy groups -OCH3 is 1. The van der Waals surface area contributed by atoms with E-state index in [0.29, 0.717) is 39.5 Å². The number of hydrogen-bond donors (Lipinski definition) is 1. The zero-order valence-corrected chi connectivity index (χ0v) is 25.0. The molecule has 1 aromatic heterocycles. The van der Waals surface area contributed by atoms with Crippen LogP contribution in [0, 0.1) is 0 Å². The van der Waals surface area contributed by atoms with Gasteiger partial charge in [-0.1, -0.05) is 66.7 Å². The molecule has 3 aromatic carbocycles. The van der Waals surface area contributed by atoms with Gasteiger partial charge in [-0.05, 0) is 43.9 Å². The Morgan fingerprint density at radius 1 is 0.909 bits per heavy atom. The van der Waals surface area contributed by atoms with Crippen LogP contribution in [-0.4, -0.2) is 67.4 Å². The molecule has 0 saturated carbocycles. The monoisotopic (exact) mass is 594 g/mol. The van der Waals surface area contributed by atoms with E-state index < -0.39 is 12.0 Å². The number of likely N-dealkylation sites (tertiary alicyclic amines) is 1. The number of pyridine rings is 1. The van der Waals surface area contributed by atoms with Crippen molar-refractivity contribution in [1.82, 2.24) is 15.3 Å². The summed E-state index contributed by atoms with van der Waals surface area (Å²) in [5, 5.41) is 1.80. The van der Waals surface area contributed by atoms with Crippen LogP contribution in [0.15, 0.2) is 84.9 Å². The van der Waals surface area contributed by atoms with E-state index in [1.165, 1.54) is 7.11 Å². The van der Waals surface area contributed by atoms with Crippen LogP contribution in [0.5, 0.6) is 0 Å². The van der Waals surface area contributed by atoms with Crippen LogP contribution in [0.25, 0.3) is 22.2 Å². The zero-order valence-electron chi connectivity index (χ0n) is 25.0. The minimum Gasteiger partial charge on any atom is -0.451 e. The number of carbonyl (C=O) groups is 2. The van der Waals surface area contributed by atoms with Crippen LogP contribution in [0.2, 0.25) is 0 Å². The number of anilines is 1. The van der Waals surface area contributed by atoms with E-state index in [1.807, 2.05) is 60.7 Å². The lowest BCUT2D eigenvalue weighted by atomic mass is 9.96. The van der Waals surface area contributed by atoms with Crippen molar-refractivity contribution >= 4 is 28.6 Å². The first-order chi connectivity index (χ1) is 21.6. The molecule has 2 fully saturated rings. The fourth-order valence-electron chi connectivity index (χ4n) is 6.19. The van der Waals surface area contributed by atoms with Gasteiger partial charge in [0.05, 0.1) is 42.3 Å². The third-order valence-corrected chi connectivity index (χ3v) is 8.50. The summed E-state index contributed by atoms with van der Waals surface area (Å²) in [6.07, 6.45) is 3.36. The van der Waals surface area contributed by atoms with Gasteiger partial charge in [0, 0.05) is 48.9 Å². The summed E-state index contributed by atoms with van der Waals surface area (Å²) < 4.78 is 17.2. The lowest BCUT2D eigenvalue weighted by Crippen LogP contribution is -2.47. The third-order valence-electron chi connectivity index (χ3n) is 8.50. The maximum atomic E-state index is 14.3. The number of hydrazine groups is 1. The molecule has 0 atom stereocenters. The number of rotatable bonds is 7. The molecule has 0 aliphatic carbocycles.